The van der Waals surface area contributed by atoms with Crippen molar-refractivity contribution < 1.29 is 13.2 Å². The highest BCUT2D eigenvalue weighted by atomic mass is 127. The summed E-state index contributed by atoms with van der Waals surface area (Å²) < 4.78 is 28.5. The molecule has 6 nitrogen and oxygen atoms in total. The maximum Gasteiger partial charge on any atom is 0.191 e. The van der Waals surface area contributed by atoms with Crippen molar-refractivity contribution in [2.24, 2.45) is 10.9 Å². The largest absolute Gasteiger partial charge is 0.493 e. The summed E-state index contributed by atoms with van der Waals surface area (Å²) in [7, 11) is -2.99. The van der Waals surface area contributed by atoms with E-state index < -0.39 is 9.84 Å². The summed E-state index contributed by atoms with van der Waals surface area (Å²) in [6.07, 6.45) is 3.75. The molecule has 0 aliphatic heterocycles. The maximum atomic E-state index is 11.2. The van der Waals surface area contributed by atoms with Crippen LogP contribution in [-0.2, 0) is 16.4 Å². The van der Waals surface area contributed by atoms with Crippen LogP contribution >= 0.6 is 24.0 Å². The minimum atomic E-state index is -2.99. The zero-order chi connectivity index (χ0) is 18.3. The first-order valence-electron chi connectivity index (χ1n) is 8.79. The van der Waals surface area contributed by atoms with E-state index in [0.717, 1.165) is 23.5 Å². The van der Waals surface area contributed by atoms with Crippen molar-refractivity contribution in [3.05, 3.63) is 29.3 Å². The van der Waals surface area contributed by atoms with Crippen LogP contribution in [0.1, 0.15) is 30.9 Å². The molecule has 0 saturated heterocycles. The highest BCUT2D eigenvalue weighted by Gasteiger charge is 2.22. The Morgan fingerprint density at radius 1 is 1.31 bits per heavy atom. The molecule has 1 aliphatic carbocycles. The minimum absolute atomic E-state index is 0. The molecule has 8 heteroatoms. The molecule has 0 spiro atoms. The summed E-state index contributed by atoms with van der Waals surface area (Å²) in [5.74, 6) is 2.28. The Bertz CT molecular complexity index is 704. The van der Waals surface area contributed by atoms with Crippen molar-refractivity contribution in [3.63, 3.8) is 0 Å². The number of aliphatic imine (C=N–C) groups is 1. The Morgan fingerprint density at radius 2 is 2.04 bits per heavy atom. The zero-order valence-electron chi connectivity index (χ0n) is 15.7. The molecule has 2 rings (SSSR count). The van der Waals surface area contributed by atoms with E-state index in [1.807, 2.05) is 19.9 Å². The molecular weight excluding hydrogens is 465 g/mol. The third-order valence-electron chi connectivity index (χ3n) is 3.91. The molecule has 2 N–H and O–H groups in total. The zero-order valence-corrected chi connectivity index (χ0v) is 18.9. The Labute approximate surface area is 174 Å². The number of hydrogen-bond acceptors (Lipinski definition) is 4. The first kappa shape index (κ1) is 23.0. The molecule has 26 heavy (non-hydrogen) atoms. The van der Waals surface area contributed by atoms with Crippen LogP contribution in [0.15, 0.2) is 23.2 Å². The van der Waals surface area contributed by atoms with Crippen LogP contribution < -0.4 is 15.4 Å². The van der Waals surface area contributed by atoms with Crippen LogP contribution in [0.5, 0.6) is 5.75 Å². The average molecular weight is 495 g/mol. The molecule has 0 amide bonds. The number of nitrogens with zero attached hydrogens (tertiary/aromatic N) is 1. The third-order valence-corrected chi connectivity index (χ3v) is 4.86. The number of halogens is 1. The third kappa shape index (κ3) is 9.07. The fourth-order valence-corrected chi connectivity index (χ4v) is 2.75. The van der Waals surface area contributed by atoms with Crippen LogP contribution in [-0.4, -0.2) is 46.1 Å². The molecule has 148 valence electrons. The van der Waals surface area contributed by atoms with Gasteiger partial charge in [0.25, 0.3) is 0 Å². The van der Waals surface area contributed by atoms with Gasteiger partial charge in [-0.1, -0.05) is 12.1 Å². The number of ether oxygens (including phenoxy) is 1. The van der Waals surface area contributed by atoms with E-state index >= 15 is 0 Å². The van der Waals surface area contributed by atoms with Crippen molar-refractivity contribution in [3.8, 4) is 5.75 Å². The lowest BCUT2D eigenvalue weighted by Gasteiger charge is -2.13. The quantitative estimate of drug-likeness (QED) is 0.313. The van der Waals surface area contributed by atoms with Crippen molar-refractivity contribution >= 4 is 39.8 Å². The van der Waals surface area contributed by atoms with E-state index in [0.29, 0.717) is 31.5 Å². The van der Waals surface area contributed by atoms with Crippen molar-refractivity contribution in [2.75, 3.05) is 31.7 Å². The van der Waals surface area contributed by atoms with E-state index in [4.69, 9.17) is 4.74 Å². The second kappa shape index (κ2) is 11.0. The number of benzene rings is 1. The standard InChI is InChI=1S/C18H29N3O3S.HI/c1-4-19-18(20-9-10-25(3,22)23)21-12-16-8-5-14(2)11-17(16)24-13-15-6-7-15;/h5,8,11,15H,4,6-7,9-10,12-13H2,1-3H3,(H2,19,20,21);1H. The second-order valence-electron chi connectivity index (χ2n) is 6.62. The fourth-order valence-electron chi connectivity index (χ4n) is 2.28. The summed E-state index contributed by atoms with van der Waals surface area (Å²) in [6.45, 7) is 6.33. The van der Waals surface area contributed by atoms with Gasteiger partial charge in [0.15, 0.2) is 5.96 Å². The number of nitrogens with one attached hydrogen (secondary N) is 2. The van der Waals surface area contributed by atoms with Crippen LogP contribution in [0, 0.1) is 12.8 Å². The van der Waals surface area contributed by atoms with Crippen molar-refractivity contribution in [2.45, 2.75) is 33.2 Å². The summed E-state index contributed by atoms with van der Waals surface area (Å²) >= 11 is 0. The Morgan fingerprint density at radius 3 is 2.65 bits per heavy atom. The molecule has 1 aromatic rings. The van der Waals surface area contributed by atoms with Gasteiger partial charge in [-0.3, -0.25) is 0 Å². The first-order chi connectivity index (χ1) is 11.9. The van der Waals surface area contributed by atoms with Gasteiger partial charge in [0.2, 0.25) is 0 Å². The van der Waals surface area contributed by atoms with Gasteiger partial charge in [0.05, 0.1) is 18.9 Å². The lowest BCUT2D eigenvalue weighted by atomic mass is 10.1. The number of hydrogen-bond donors (Lipinski definition) is 2. The summed E-state index contributed by atoms with van der Waals surface area (Å²) in [4.78, 5) is 4.56. The molecule has 1 aromatic carbocycles. The normalized spacial score (nSPS) is 14.5. The number of aryl methyl sites for hydroxylation is 1. The maximum absolute atomic E-state index is 11.2. The van der Waals surface area contributed by atoms with Gasteiger partial charge in [-0.25, -0.2) is 13.4 Å². The number of sulfone groups is 1. The number of rotatable bonds is 9. The molecule has 0 unspecified atom stereocenters. The van der Waals surface area contributed by atoms with Gasteiger partial charge in [0, 0.05) is 24.9 Å². The summed E-state index contributed by atoms with van der Waals surface area (Å²) in [6, 6.07) is 6.15. The molecule has 0 heterocycles. The first-order valence-corrected chi connectivity index (χ1v) is 10.9. The van der Waals surface area contributed by atoms with Crippen LogP contribution in [0.2, 0.25) is 0 Å². The van der Waals surface area contributed by atoms with Gasteiger partial charge in [-0.15, -0.1) is 24.0 Å². The Kier molecular flexibility index (Phi) is 9.70. The van der Waals surface area contributed by atoms with Gasteiger partial charge in [-0.2, -0.15) is 0 Å². The molecule has 0 radical (unpaired) electrons. The monoisotopic (exact) mass is 495 g/mol. The predicted molar refractivity (Wildman–Crippen MR) is 117 cm³/mol. The van der Waals surface area contributed by atoms with Crippen LogP contribution in [0.25, 0.3) is 0 Å². The predicted octanol–water partition coefficient (Wildman–Crippen LogP) is 2.50. The second-order valence-corrected chi connectivity index (χ2v) is 8.88. The van der Waals surface area contributed by atoms with E-state index in [2.05, 4.69) is 27.8 Å². The molecule has 0 aromatic heterocycles. The molecule has 0 atom stereocenters. The summed E-state index contributed by atoms with van der Waals surface area (Å²) in [5.41, 5.74) is 2.20. The van der Waals surface area contributed by atoms with Gasteiger partial charge in [0.1, 0.15) is 15.6 Å². The summed E-state index contributed by atoms with van der Waals surface area (Å²) in [5, 5.41) is 6.19. The molecule has 1 fully saturated rings. The molecular formula is C18H30IN3O3S. The Hall–Kier alpha value is -1.03. The van der Waals surface area contributed by atoms with Gasteiger partial charge >= 0.3 is 0 Å². The highest BCUT2D eigenvalue weighted by Crippen LogP contribution is 2.30. The van der Waals surface area contributed by atoms with Crippen molar-refractivity contribution in [1.29, 1.82) is 0 Å². The lowest BCUT2D eigenvalue weighted by molar-refractivity contribution is 0.296. The van der Waals surface area contributed by atoms with Crippen LogP contribution in [0.4, 0.5) is 0 Å². The van der Waals surface area contributed by atoms with Crippen molar-refractivity contribution in [1.82, 2.24) is 10.6 Å². The smallest absolute Gasteiger partial charge is 0.191 e. The highest BCUT2D eigenvalue weighted by molar-refractivity contribution is 14.0. The topological polar surface area (TPSA) is 79.8 Å². The molecule has 1 saturated carbocycles. The van der Waals surface area contributed by atoms with Crippen LogP contribution in [0.3, 0.4) is 0 Å². The van der Waals surface area contributed by atoms with Gasteiger partial charge in [-0.05, 0) is 44.2 Å². The van der Waals surface area contributed by atoms with E-state index in [9.17, 15) is 8.42 Å². The fraction of sp³-hybridized carbons (Fsp3) is 0.611. The Balaban J connectivity index is 0.00000338. The van der Waals surface area contributed by atoms with Gasteiger partial charge < -0.3 is 15.4 Å². The van der Waals surface area contributed by atoms with E-state index in [-0.39, 0.29) is 29.7 Å². The average Bonchev–Trinajstić information content (AvgIpc) is 3.35. The minimum Gasteiger partial charge on any atom is -0.493 e. The number of guanidine groups is 1. The molecule has 0 bridgehead atoms. The SMILES string of the molecule is CCNC(=NCc1ccc(C)cc1OCC1CC1)NCCS(C)(=O)=O.I. The van der Waals surface area contributed by atoms with E-state index in [1.54, 1.807) is 0 Å². The molecule has 1 aliphatic rings. The van der Waals surface area contributed by atoms with E-state index in [1.165, 1.54) is 19.1 Å². The lowest BCUT2D eigenvalue weighted by Crippen LogP contribution is -2.39.